The zero-order chi connectivity index (χ0) is 13.5. The van der Waals surface area contributed by atoms with Gasteiger partial charge in [-0.05, 0) is 32.0 Å². The van der Waals surface area contributed by atoms with Crippen LogP contribution in [0.25, 0.3) is 5.69 Å². The molecule has 0 aliphatic heterocycles. The number of H-pyrrole nitrogens is 1. The molecule has 96 valence electrons. The SMILES string of the molecule is Cc1[nH]n(-c2cccc(C(F)(F)F)c2)c(=O)c1C. The Morgan fingerprint density at radius 2 is 1.89 bits per heavy atom. The maximum atomic E-state index is 12.6. The van der Waals surface area contributed by atoms with Crippen molar-refractivity contribution in [1.29, 1.82) is 0 Å². The second-order valence-electron chi connectivity index (χ2n) is 4.05. The highest BCUT2D eigenvalue weighted by Gasteiger charge is 2.30. The first-order valence-corrected chi connectivity index (χ1v) is 5.26. The monoisotopic (exact) mass is 256 g/mol. The van der Waals surface area contributed by atoms with E-state index >= 15 is 0 Å². The third-order valence-corrected chi connectivity index (χ3v) is 2.80. The highest BCUT2D eigenvalue weighted by atomic mass is 19.4. The molecule has 0 unspecified atom stereocenters. The summed E-state index contributed by atoms with van der Waals surface area (Å²) in [6.07, 6.45) is -4.42. The van der Waals surface area contributed by atoms with Crippen LogP contribution in [0, 0.1) is 13.8 Å². The van der Waals surface area contributed by atoms with Crippen molar-refractivity contribution in [1.82, 2.24) is 9.78 Å². The Labute approximate surface area is 101 Å². The smallest absolute Gasteiger partial charge is 0.295 e. The van der Waals surface area contributed by atoms with Crippen molar-refractivity contribution < 1.29 is 13.2 Å². The minimum Gasteiger partial charge on any atom is -0.295 e. The van der Waals surface area contributed by atoms with Crippen LogP contribution in [0.1, 0.15) is 16.8 Å². The lowest BCUT2D eigenvalue weighted by molar-refractivity contribution is -0.137. The summed E-state index contributed by atoms with van der Waals surface area (Å²) in [5.74, 6) is 0. The van der Waals surface area contributed by atoms with Crippen molar-refractivity contribution in [3.8, 4) is 5.69 Å². The average molecular weight is 256 g/mol. The summed E-state index contributed by atoms with van der Waals surface area (Å²) >= 11 is 0. The number of rotatable bonds is 1. The van der Waals surface area contributed by atoms with E-state index in [-0.39, 0.29) is 11.2 Å². The molecule has 0 bridgehead atoms. The number of benzene rings is 1. The topological polar surface area (TPSA) is 37.8 Å². The van der Waals surface area contributed by atoms with Crippen LogP contribution in [0.4, 0.5) is 13.2 Å². The first-order valence-electron chi connectivity index (χ1n) is 5.26. The van der Waals surface area contributed by atoms with Gasteiger partial charge in [0.1, 0.15) is 0 Å². The van der Waals surface area contributed by atoms with Gasteiger partial charge in [0, 0.05) is 11.3 Å². The second-order valence-corrected chi connectivity index (χ2v) is 4.05. The fourth-order valence-corrected chi connectivity index (χ4v) is 1.63. The fraction of sp³-hybridized carbons (Fsp3) is 0.250. The quantitative estimate of drug-likeness (QED) is 0.837. The summed E-state index contributed by atoms with van der Waals surface area (Å²) in [5, 5.41) is 2.74. The molecule has 3 nitrogen and oxygen atoms in total. The van der Waals surface area contributed by atoms with Crippen LogP contribution in [0.5, 0.6) is 0 Å². The standard InChI is InChI=1S/C12H11F3N2O/c1-7-8(2)16-17(11(7)18)10-5-3-4-9(6-10)12(13,14)15/h3-6,16H,1-2H3. The number of aromatic nitrogens is 2. The van der Waals surface area contributed by atoms with Crippen LogP contribution in [0.3, 0.4) is 0 Å². The molecule has 1 aromatic heterocycles. The van der Waals surface area contributed by atoms with Crippen molar-refractivity contribution in [3.05, 3.63) is 51.4 Å². The number of nitrogens with zero attached hydrogens (tertiary/aromatic N) is 1. The molecule has 0 saturated carbocycles. The highest BCUT2D eigenvalue weighted by Crippen LogP contribution is 2.30. The Kier molecular flexibility index (Phi) is 2.80. The maximum absolute atomic E-state index is 12.6. The van der Waals surface area contributed by atoms with Crippen molar-refractivity contribution in [2.24, 2.45) is 0 Å². The molecule has 2 rings (SSSR count). The van der Waals surface area contributed by atoms with Gasteiger partial charge in [-0.1, -0.05) is 6.07 Å². The third kappa shape index (κ3) is 2.05. The van der Waals surface area contributed by atoms with Crippen molar-refractivity contribution in [2.75, 3.05) is 0 Å². The van der Waals surface area contributed by atoms with Gasteiger partial charge >= 0.3 is 6.18 Å². The van der Waals surface area contributed by atoms with Gasteiger partial charge in [0.15, 0.2) is 0 Å². The molecule has 0 fully saturated rings. The molecule has 0 spiro atoms. The number of hydrogen-bond acceptors (Lipinski definition) is 1. The van der Waals surface area contributed by atoms with Gasteiger partial charge < -0.3 is 0 Å². The molecular formula is C12H11F3N2O. The Morgan fingerprint density at radius 1 is 1.22 bits per heavy atom. The molecule has 0 saturated heterocycles. The molecule has 0 aliphatic rings. The van der Waals surface area contributed by atoms with Crippen molar-refractivity contribution >= 4 is 0 Å². The van der Waals surface area contributed by atoms with Crippen molar-refractivity contribution in [2.45, 2.75) is 20.0 Å². The summed E-state index contributed by atoms with van der Waals surface area (Å²) in [6.45, 7) is 3.32. The first-order chi connectivity index (χ1) is 8.30. The van der Waals surface area contributed by atoms with Gasteiger partial charge in [0.25, 0.3) is 5.56 Å². The molecule has 1 heterocycles. The molecular weight excluding hydrogens is 245 g/mol. The minimum atomic E-state index is -4.42. The van der Waals surface area contributed by atoms with E-state index in [1.807, 2.05) is 0 Å². The predicted molar refractivity (Wildman–Crippen MR) is 60.9 cm³/mol. The van der Waals surface area contributed by atoms with Gasteiger partial charge in [-0.3, -0.25) is 9.89 Å². The Morgan fingerprint density at radius 3 is 2.39 bits per heavy atom. The van der Waals surface area contributed by atoms with E-state index in [4.69, 9.17) is 0 Å². The second kappa shape index (κ2) is 4.04. The summed E-state index contributed by atoms with van der Waals surface area (Å²) in [6, 6.07) is 4.64. The van der Waals surface area contributed by atoms with E-state index in [0.717, 1.165) is 16.8 Å². The molecule has 0 radical (unpaired) electrons. The Balaban J connectivity index is 2.59. The number of alkyl halides is 3. The van der Waals surface area contributed by atoms with Crippen LogP contribution < -0.4 is 5.56 Å². The van der Waals surface area contributed by atoms with Crippen molar-refractivity contribution in [3.63, 3.8) is 0 Å². The minimum absolute atomic E-state index is 0.172. The summed E-state index contributed by atoms with van der Waals surface area (Å²) < 4.78 is 38.8. The molecule has 0 atom stereocenters. The molecule has 0 aliphatic carbocycles. The zero-order valence-electron chi connectivity index (χ0n) is 9.80. The van der Waals surface area contributed by atoms with Crippen LogP contribution in [0.2, 0.25) is 0 Å². The Bertz CT molecular complexity index is 638. The lowest BCUT2D eigenvalue weighted by atomic mass is 10.2. The number of hydrogen-bond donors (Lipinski definition) is 1. The van der Waals surface area contributed by atoms with E-state index in [1.54, 1.807) is 13.8 Å². The summed E-state index contributed by atoms with van der Waals surface area (Å²) in [4.78, 5) is 11.8. The van der Waals surface area contributed by atoms with Gasteiger partial charge in [-0.2, -0.15) is 13.2 Å². The first kappa shape index (κ1) is 12.5. The molecule has 2 aromatic rings. The zero-order valence-corrected chi connectivity index (χ0v) is 9.80. The van der Waals surface area contributed by atoms with E-state index < -0.39 is 11.7 Å². The molecule has 6 heteroatoms. The lowest BCUT2D eigenvalue weighted by Gasteiger charge is -2.08. The van der Waals surface area contributed by atoms with E-state index in [2.05, 4.69) is 5.10 Å². The number of nitrogens with one attached hydrogen (secondary N) is 1. The van der Waals surface area contributed by atoms with Gasteiger partial charge in [0.2, 0.25) is 0 Å². The summed E-state index contributed by atoms with van der Waals surface area (Å²) in [7, 11) is 0. The normalized spacial score (nSPS) is 11.8. The molecule has 18 heavy (non-hydrogen) atoms. The van der Waals surface area contributed by atoms with Crippen LogP contribution in [-0.2, 0) is 6.18 Å². The van der Waals surface area contributed by atoms with E-state index in [0.29, 0.717) is 11.3 Å². The van der Waals surface area contributed by atoms with Crippen LogP contribution in [-0.4, -0.2) is 9.78 Å². The maximum Gasteiger partial charge on any atom is 0.416 e. The van der Waals surface area contributed by atoms with Gasteiger partial charge in [-0.15, -0.1) is 0 Å². The number of aryl methyl sites for hydroxylation is 1. The third-order valence-electron chi connectivity index (χ3n) is 2.80. The highest BCUT2D eigenvalue weighted by molar-refractivity contribution is 5.37. The number of aromatic amines is 1. The van der Waals surface area contributed by atoms with E-state index in [9.17, 15) is 18.0 Å². The molecule has 1 aromatic carbocycles. The molecule has 0 amide bonds. The van der Waals surface area contributed by atoms with Gasteiger partial charge in [-0.25, -0.2) is 4.68 Å². The van der Waals surface area contributed by atoms with Crippen LogP contribution in [0.15, 0.2) is 29.1 Å². The predicted octanol–water partition coefficient (Wildman–Crippen LogP) is 2.80. The fourth-order valence-electron chi connectivity index (χ4n) is 1.63. The lowest BCUT2D eigenvalue weighted by Crippen LogP contribution is -2.16. The Hall–Kier alpha value is -1.98. The van der Waals surface area contributed by atoms with E-state index in [1.165, 1.54) is 12.1 Å². The van der Waals surface area contributed by atoms with Crippen LogP contribution >= 0.6 is 0 Å². The average Bonchev–Trinajstić information content (AvgIpc) is 2.56. The largest absolute Gasteiger partial charge is 0.416 e. The number of halogens is 3. The van der Waals surface area contributed by atoms with Gasteiger partial charge in [0.05, 0.1) is 11.3 Å². The summed E-state index contributed by atoms with van der Waals surface area (Å²) in [5.41, 5.74) is 0.180. The molecule has 1 N–H and O–H groups in total.